The number of nitrogens with one attached hydrogen (secondary N) is 1. The first kappa shape index (κ1) is 19.9. The van der Waals surface area contributed by atoms with E-state index in [1.54, 1.807) is 17.9 Å². The zero-order chi connectivity index (χ0) is 18.0. The van der Waals surface area contributed by atoms with E-state index in [0.29, 0.717) is 30.3 Å². The minimum Gasteiger partial charge on any atom is -0.323 e. The molecule has 0 unspecified atom stereocenters. The van der Waals surface area contributed by atoms with Crippen LogP contribution in [0.2, 0.25) is 0 Å². The average molecular weight is 378 g/mol. The Bertz CT molecular complexity index is 990. The van der Waals surface area contributed by atoms with Crippen molar-refractivity contribution >= 4 is 23.6 Å². The van der Waals surface area contributed by atoms with Gasteiger partial charge >= 0.3 is 5.69 Å². The molecule has 1 aromatic carbocycles. The van der Waals surface area contributed by atoms with E-state index >= 15 is 0 Å². The predicted molar refractivity (Wildman–Crippen MR) is 105 cm³/mol. The third-order valence-corrected chi connectivity index (χ3v) is 4.45. The second-order valence-electron chi connectivity index (χ2n) is 6.36. The van der Waals surface area contributed by atoms with Gasteiger partial charge in [-0.2, -0.15) is 0 Å². The van der Waals surface area contributed by atoms with Gasteiger partial charge in [-0.15, -0.1) is 12.4 Å². The summed E-state index contributed by atoms with van der Waals surface area (Å²) < 4.78 is 4.32. The lowest BCUT2D eigenvalue weighted by Gasteiger charge is -2.14. The molecular weight excluding hydrogens is 354 g/mol. The van der Waals surface area contributed by atoms with Gasteiger partial charge in [0.25, 0.3) is 5.56 Å². The molecule has 140 valence electrons. The predicted octanol–water partition coefficient (Wildman–Crippen LogP) is 1.08. The van der Waals surface area contributed by atoms with E-state index in [4.69, 9.17) is 0 Å². The number of hydrogen-bond acceptors (Lipinski definition) is 4. The van der Waals surface area contributed by atoms with E-state index in [2.05, 4.69) is 29.4 Å². The van der Waals surface area contributed by atoms with Gasteiger partial charge in [-0.1, -0.05) is 30.3 Å². The smallest absolute Gasteiger partial charge is 0.323 e. The highest BCUT2D eigenvalue weighted by molar-refractivity contribution is 5.85. The molecule has 0 spiro atoms. The van der Waals surface area contributed by atoms with Crippen LogP contribution < -0.4 is 16.6 Å². The third kappa shape index (κ3) is 3.89. The molecule has 1 N–H and O–H groups in total. The second-order valence-corrected chi connectivity index (χ2v) is 6.36. The third-order valence-electron chi connectivity index (χ3n) is 4.45. The van der Waals surface area contributed by atoms with Crippen molar-refractivity contribution < 1.29 is 0 Å². The fourth-order valence-electron chi connectivity index (χ4n) is 3.04. The summed E-state index contributed by atoms with van der Waals surface area (Å²) in [7, 11) is 3.11. The van der Waals surface area contributed by atoms with Crippen molar-refractivity contribution in [3.05, 3.63) is 63.1 Å². The van der Waals surface area contributed by atoms with Crippen molar-refractivity contribution in [2.45, 2.75) is 25.9 Å². The maximum absolute atomic E-state index is 12.4. The zero-order valence-corrected chi connectivity index (χ0v) is 16.0. The monoisotopic (exact) mass is 377 g/mol. The minimum atomic E-state index is -0.364. The topological polar surface area (TPSA) is 73.8 Å². The lowest BCUT2D eigenvalue weighted by molar-refractivity contribution is 0.515. The zero-order valence-electron chi connectivity index (χ0n) is 15.2. The van der Waals surface area contributed by atoms with Crippen molar-refractivity contribution in [3.8, 4) is 0 Å². The minimum absolute atomic E-state index is 0. The fourth-order valence-corrected chi connectivity index (χ4v) is 3.04. The summed E-state index contributed by atoms with van der Waals surface area (Å²) in [6, 6.07) is 10.7. The van der Waals surface area contributed by atoms with Gasteiger partial charge < -0.3 is 9.88 Å². The molecule has 0 aliphatic carbocycles. The molecule has 3 aromatic rings. The maximum Gasteiger partial charge on any atom is 0.332 e. The molecule has 0 fully saturated rings. The highest BCUT2D eigenvalue weighted by Gasteiger charge is 2.14. The number of rotatable bonds is 6. The summed E-state index contributed by atoms with van der Waals surface area (Å²) in [5.74, 6) is 0. The molecule has 0 bridgehead atoms. The van der Waals surface area contributed by atoms with E-state index in [-0.39, 0.29) is 23.7 Å². The Kier molecular flexibility index (Phi) is 6.39. The van der Waals surface area contributed by atoms with Crippen LogP contribution in [-0.4, -0.2) is 31.3 Å². The molecule has 0 amide bonds. The first-order valence-electron chi connectivity index (χ1n) is 8.37. The summed E-state index contributed by atoms with van der Waals surface area (Å²) in [6.45, 7) is 3.47. The van der Waals surface area contributed by atoms with Crippen LogP contribution in [0.5, 0.6) is 0 Å². The molecule has 7 nitrogen and oxygen atoms in total. The lowest BCUT2D eigenvalue weighted by atomic mass is 10.1. The number of aromatic nitrogens is 4. The standard InChI is InChI=1S/C18H23N5O2.ClH/c1-13(11-14-7-5-4-6-8-14)19-9-10-23-12-20-16-15(23)17(24)22(3)18(25)21(16)2;/h4-8,12-13,19H,9-11H2,1-3H3;1H/t13-;/m1./s1. The fraction of sp³-hybridized carbons (Fsp3) is 0.389. The Morgan fingerprint density at radius 1 is 1.12 bits per heavy atom. The molecule has 1 atom stereocenters. The van der Waals surface area contributed by atoms with Crippen LogP contribution in [0.1, 0.15) is 12.5 Å². The molecule has 0 radical (unpaired) electrons. The van der Waals surface area contributed by atoms with E-state index in [1.165, 1.54) is 17.2 Å². The van der Waals surface area contributed by atoms with Gasteiger partial charge in [-0.05, 0) is 18.9 Å². The molecule has 0 saturated carbocycles. The van der Waals surface area contributed by atoms with E-state index in [9.17, 15) is 9.59 Å². The quantitative estimate of drug-likeness (QED) is 0.697. The highest BCUT2D eigenvalue weighted by Crippen LogP contribution is 2.05. The van der Waals surface area contributed by atoms with Crippen LogP contribution in [0.3, 0.4) is 0 Å². The summed E-state index contributed by atoms with van der Waals surface area (Å²) in [5.41, 5.74) is 1.50. The second kappa shape index (κ2) is 8.33. The van der Waals surface area contributed by atoms with Gasteiger partial charge in [-0.3, -0.25) is 13.9 Å². The van der Waals surface area contributed by atoms with Crippen LogP contribution in [0.4, 0.5) is 0 Å². The largest absolute Gasteiger partial charge is 0.332 e. The normalized spacial score (nSPS) is 12.1. The van der Waals surface area contributed by atoms with Gasteiger partial charge in [0.1, 0.15) is 0 Å². The van der Waals surface area contributed by atoms with Gasteiger partial charge in [0.15, 0.2) is 11.2 Å². The first-order valence-corrected chi connectivity index (χ1v) is 8.37. The summed E-state index contributed by atoms with van der Waals surface area (Å²) in [5, 5.41) is 3.47. The molecule has 2 heterocycles. The molecule has 26 heavy (non-hydrogen) atoms. The molecule has 0 aliphatic rings. The number of benzene rings is 1. The SMILES string of the molecule is C[C@H](Cc1ccccc1)NCCn1cnc2c1c(=O)n(C)c(=O)n2C.Cl. The van der Waals surface area contributed by atoms with Gasteiger partial charge in [0.05, 0.1) is 6.33 Å². The van der Waals surface area contributed by atoms with E-state index < -0.39 is 0 Å². The van der Waals surface area contributed by atoms with Crippen LogP contribution in [0.15, 0.2) is 46.2 Å². The molecule has 0 saturated heterocycles. The number of aryl methyl sites for hydroxylation is 1. The number of halogens is 1. The van der Waals surface area contributed by atoms with E-state index in [0.717, 1.165) is 11.0 Å². The summed E-state index contributed by atoms with van der Waals surface area (Å²) in [4.78, 5) is 28.6. The van der Waals surface area contributed by atoms with Crippen LogP contribution in [-0.2, 0) is 27.1 Å². The highest BCUT2D eigenvalue weighted by atomic mass is 35.5. The number of nitrogens with zero attached hydrogens (tertiary/aromatic N) is 4. The van der Waals surface area contributed by atoms with Crippen molar-refractivity contribution in [3.63, 3.8) is 0 Å². The van der Waals surface area contributed by atoms with Crippen molar-refractivity contribution in [1.29, 1.82) is 0 Å². The molecular formula is C18H24ClN5O2. The Labute approximate surface area is 157 Å². The summed E-state index contributed by atoms with van der Waals surface area (Å²) >= 11 is 0. The Morgan fingerprint density at radius 3 is 2.50 bits per heavy atom. The molecule has 8 heteroatoms. The Morgan fingerprint density at radius 2 is 1.81 bits per heavy atom. The maximum atomic E-state index is 12.4. The van der Waals surface area contributed by atoms with Crippen molar-refractivity contribution in [1.82, 2.24) is 24.0 Å². The number of imidazole rings is 1. The molecule has 3 rings (SSSR count). The average Bonchev–Trinajstić information content (AvgIpc) is 3.03. The van der Waals surface area contributed by atoms with E-state index in [1.807, 2.05) is 18.2 Å². The molecule has 2 aromatic heterocycles. The van der Waals surface area contributed by atoms with Gasteiger partial charge in [0, 0.05) is 33.2 Å². The Hall–Kier alpha value is -2.38. The molecule has 0 aliphatic heterocycles. The Balaban J connectivity index is 0.00000243. The number of fused-ring (bicyclic) bond motifs is 1. The van der Waals surface area contributed by atoms with Crippen LogP contribution in [0.25, 0.3) is 11.2 Å². The van der Waals surface area contributed by atoms with Gasteiger partial charge in [0.2, 0.25) is 0 Å². The van der Waals surface area contributed by atoms with Crippen LogP contribution >= 0.6 is 12.4 Å². The van der Waals surface area contributed by atoms with Crippen molar-refractivity contribution in [2.24, 2.45) is 14.1 Å². The summed E-state index contributed by atoms with van der Waals surface area (Å²) in [6.07, 6.45) is 2.57. The number of hydrogen-bond donors (Lipinski definition) is 1. The first-order chi connectivity index (χ1) is 12.0. The van der Waals surface area contributed by atoms with Crippen LogP contribution in [0, 0.1) is 0 Å². The van der Waals surface area contributed by atoms with Gasteiger partial charge in [-0.25, -0.2) is 9.78 Å². The van der Waals surface area contributed by atoms with Crippen molar-refractivity contribution in [2.75, 3.05) is 6.54 Å². The lowest BCUT2D eigenvalue weighted by Crippen LogP contribution is -2.38.